The lowest BCUT2D eigenvalue weighted by atomic mass is 10.3. The maximum Gasteiger partial charge on any atom is 0.0925 e. The number of rotatable bonds is 5. The molecule has 0 aliphatic heterocycles. The van der Waals surface area contributed by atoms with Crippen LogP contribution in [0.1, 0.15) is 22.8 Å². The van der Waals surface area contributed by atoms with Gasteiger partial charge in [-0.25, -0.2) is 4.98 Å². The van der Waals surface area contributed by atoms with E-state index >= 15 is 0 Å². The molecule has 0 radical (unpaired) electrons. The highest BCUT2D eigenvalue weighted by atomic mass is 15.3. The maximum atomic E-state index is 4.46. The zero-order valence-electron chi connectivity index (χ0n) is 11.6. The first-order valence-corrected chi connectivity index (χ1v) is 6.24. The molecule has 2 heterocycles. The van der Waals surface area contributed by atoms with E-state index in [2.05, 4.69) is 51.6 Å². The number of H-pyrrole nitrogens is 1. The largest absolute Gasteiger partial charge is 0.348 e. The summed E-state index contributed by atoms with van der Waals surface area (Å²) in [6.07, 6.45) is 1.75. The number of imidazole rings is 1. The quantitative estimate of drug-likeness (QED) is 0.874. The summed E-state index contributed by atoms with van der Waals surface area (Å²) in [6.45, 7) is 8.93. The number of hydrogen-bond acceptors (Lipinski definition) is 3. The van der Waals surface area contributed by atoms with E-state index < -0.39 is 0 Å². The molecule has 5 nitrogen and oxygen atoms in total. The van der Waals surface area contributed by atoms with Gasteiger partial charge in [0.05, 0.1) is 24.3 Å². The van der Waals surface area contributed by atoms with Crippen molar-refractivity contribution in [2.24, 2.45) is 0 Å². The lowest BCUT2D eigenvalue weighted by molar-refractivity contribution is 0.300. The lowest BCUT2D eigenvalue weighted by Crippen LogP contribution is -2.24. The monoisotopic (exact) mass is 247 g/mol. The van der Waals surface area contributed by atoms with Gasteiger partial charge in [0.1, 0.15) is 0 Å². The smallest absolute Gasteiger partial charge is 0.0925 e. The molecule has 0 amide bonds. The number of nitrogens with one attached hydrogen (secondary N) is 1. The molecule has 0 aromatic carbocycles. The number of aryl methyl sites for hydroxylation is 3. The van der Waals surface area contributed by atoms with Crippen LogP contribution >= 0.6 is 0 Å². The van der Waals surface area contributed by atoms with E-state index in [0.717, 1.165) is 36.7 Å². The van der Waals surface area contributed by atoms with Crippen molar-refractivity contribution in [3.8, 4) is 0 Å². The Balaban J connectivity index is 1.87. The fraction of sp³-hybridized carbons (Fsp3) is 0.538. The normalized spacial score (nSPS) is 11.4. The Hall–Kier alpha value is -1.62. The molecule has 2 aromatic rings. The molecule has 0 atom stereocenters. The van der Waals surface area contributed by atoms with Crippen LogP contribution in [0.25, 0.3) is 0 Å². The number of aromatic amines is 1. The molecule has 0 bridgehead atoms. The van der Waals surface area contributed by atoms with Gasteiger partial charge in [0, 0.05) is 24.5 Å². The number of nitrogens with zero attached hydrogens (tertiary/aromatic N) is 4. The minimum absolute atomic E-state index is 0.870. The molecule has 0 saturated carbocycles. The summed E-state index contributed by atoms with van der Waals surface area (Å²) < 4.78 is 2.06. The molecule has 0 fully saturated rings. The zero-order chi connectivity index (χ0) is 13.1. The first-order chi connectivity index (χ1) is 8.56. The molecule has 0 aliphatic carbocycles. The molecule has 5 heteroatoms. The van der Waals surface area contributed by atoms with Crippen LogP contribution < -0.4 is 0 Å². The molecule has 2 aromatic heterocycles. The Morgan fingerprint density at radius 1 is 1.33 bits per heavy atom. The van der Waals surface area contributed by atoms with Crippen molar-refractivity contribution in [3.05, 3.63) is 35.2 Å². The standard InChI is InChI=1S/C13H21N5/c1-10-7-11(2)18(16-10)6-5-17(4)8-13-12(3)14-9-15-13/h7,9H,5-6,8H2,1-4H3,(H,14,15). The summed E-state index contributed by atoms with van der Waals surface area (Å²) in [6, 6.07) is 2.11. The van der Waals surface area contributed by atoms with Crippen LogP contribution in [-0.2, 0) is 13.1 Å². The van der Waals surface area contributed by atoms with Crippen LogP contribution in [0.15, 0.2) is 12.4 Å². The molecule has 0 aliphatic rings. The van der Waals surface area contributed by atoms with E-state index in [4.69, 9.17) is 0 Å². The third-order valence-corrected chi connectivity index (χ3v) is 3.15. The van der Waals surface area contributed by atoms with Crippen LogP contribution in [0, 0.1) is 20.8 Å². The average molecular weight is 247 g/mol. The van der Waals surface area contributed by atoms with Crippen molar-refractivity contribution < 1.29 is 0 Å². The molecular weight excluding hydrogens is 226 g/mol. The summed E-state index contributed by atoms with van der Waals surface area (Å²) in [5.74, 6) is 0. The third-order valence-electron chi connectivity index (χ3n) is 3.15. The molecule has 0 unspecified atom stereocenters. The predicted octanol–water partition coefficient (Wildman–Crippen LogP) is 1.66. The summed E-state index contributed by atoms with van der Waals surface area (Å²) >= 11 is 0. The van der Waals surface area contributed by atoms with Gasteiger partial charge in [-0.05, 0) is 33.9 Å². The van der Waals surface area contributed by atoms with E-state index in [1.54, 1.807) is 6.33 Å². The number of hydrogen-bond donors (Lipinski definition) is 1. The minimum atomic E-state index is 0.870. The topological polar surface area (TPSA) is 49.7 Å². The van der Waals surface area contributed by atoms with E-state index in [-0.39, 0.29) is 0 Å². The summed E-state index contributed by atoms with van der Waals surface area (Å²) in [4.78, 5) is 9.68. The Labute approximate surface area is 108 Å². The highest BCUT2D eigenvalue weighted by Gasteiger charge is 2.07. The predicted molar refractivity (Wildman–Crippen MR) is 71.4 cm³/mol. The second-order valence-electron chi connectivity index (χ2n) is 4.86. The van der Waals surface area contributed by atoms with E-state index in [9.17, 15) is 0 Å². The summed E-state index contributed by atoms with van der Waals surface area (Å²) in [5.41, 5.74) is 4.56. The highest BCUT2D eigenvalue weighted by molar-refractivity contribution is 5.08. The van der Waals surface area contributed by atoms with E-state index in [1.165, 1.54) is 5.69 Å². The fourth-order valence-corrected chi connectivity index (χ4v) is 2.05. The highest BCUT2D eigenvalue weighted by Crippen LogP contribution is 2.05. The molecule has 18 heavy (non-hydrogen) atoms. The Kier molecular flexibility index (Phi) is 3.81. The van der Waals surface area contributed by atoms with Gasteiger partial charge in [-0.3, -0.25) is 9.58 Å². The number of likely N-dealkylation sites (N-methyl/N-ethyl adjacent to an activating group) is 1. The first kappa shape index (κ1) is 12.8. The van der Waals surface area contributed by atoms with E-state index in [0.29, 0.717) is 0 Å². The van der Waals surface area contributed by atoms with Crippen LogP contribution in [0.5, 0.6) is 0 Å². The minimum Gasteiger partial charge on any atom is -0.348 e. The second kappa shape index (κ2) is 5.35. The van der Waals surface area contributed by atoms with Crippen molar-refractivity contribution in [2.75, 3.05) is 13.6 Å². The van der Waals surface area contributed by atoms with Gasteiger partial charge < -0.3 is 4.98 Å². The Bertz CT molecular complexity index is 511. The molecular formula is C13H21N5. The number of aromatic nitrogens is 4. The zero-order valence-corrected chi connectivity index (χ0v) is 11.6. The van der Waals surface area contributed by atoms with Crippen LogP contribution in [0.4, 0.5) is 0 Å². The van der Waals surface area contributed by atoms with Gasteiger partial charge >= 0.3 is 0 Å². The third kappa shape index (κ3) is 2.98. The Morgan fingerprint density at radius 2 is 2.11 bits per heavy atom. The molecule has 98 valence electrons. The van der Waals surface area contributed by atoms with Crippen molar-refractivity contribution in [1.29, 1.82) is 0 Å². The molecule has 1 N–H and O–H groups in total. The van der Waals surface area contributed by atoms with Crippen molar-refractivity contribution in [1.82, 2.24) is 24.6 Å². The van der Waals surface area contributed by atoms with Gasteiger partial charge in [0.25, 0.3) is 0 Å². The summed E-state index contributed by atoms with van der Waals surface area (Å²) in [5, 5.41) is 4.46. The van der Waals surface area contributed by atoms with Crippen LogP contribution in [0.2, 0.25) is 0 Å². The SMILES string of the molecule is Cc1cc(C)n(CCN(C)Cc2nc[nH]c2C)n1. The van der Waals surface area contributed by atoms with Crippen molar-refractivity contribution in [3.63, 3.8) is 0 Å². The van der Waals surface area contributed by atoms with Gasteiger partial charge in [-0.15, -0.1) is 0 Å². The van der Waals surface area contributed by atoms with E-state index in [1.807, 2.05) is 6.92 Å². The fourth-order valence-electron chi connectivity index (χ4n) is 2.05. The van der Waals surface area contributed by atoms with Crippen LogP contribution in [0.3, 0.4) is 0 Å². The summed E-state index contributed by atoms with van der Waals surface area (Å²) in [7, 11) is 2.11. The van der Waals surface area contributed by atoms with Crippen molar-refractivity contribution in [2.45, 2.75) is 33.9 Å². The molecule has 0 saturated heterocycles. The molecule has 0 spiro atoms. The maximum absolute atomic E-state index is 4.46. The van der Waals surface area contributed by atoms with Gasteiger partial charge in [0.2, 0.25) is 0 Å². The van der Waals surface area contributed by atoms with Gasteiger partial charge in [-0.2, -0.15) is 5.10 Å². The van der Waals surface area contributed by atoms with Gasteiger partial charge in [0.15, 0.2) is 0 Å². The van der Waals surface area contributed by atoms with Crippen LogP contribution in [-0.4, -0.2) is 38.2 Å². The average Bonchev–Trinajstić information content (AvgIpc) is 2.83. The second-order valence-corrected chi connectivity index (χ2v) is 4.86. The van der Waals surface area contributed by atoms with Gasteiger partial charge in [-0.1, -0.05) is 0 Å². The molecule has 2 rings (SSSR count). The first-order valence-electron chi connectivity index (χ1n) is 6.24. The van der Waals surface area contributed by atoms with Crippen molar-refractivity contribution >= 4 is 0 Å². The Morgan fingerprint density at radius 3 is 2.67 bits per heavy atom. The lowest BCUT2D eigenvalue weighted by Gasteiger charge is -2.16.